The molecule has 0 saturated heterocycles. The second-order valence-corrected chi connectivity index (χ2v) is 11.5. The van der Waals surface area contributed by atoms with Crippen LogP contribution in [0.5, 0.6) is 0 Å². The van der Waals surface area contributed by atoms with E-state index in [-0.39, 0.29) is 6.16 Å². The van der Waals surface area contributed by atoms with Gasteiger partial charge in [0.25, 0.3) is 0 Å². The van der Waals surface area contributed by atoms with Crippen molar-refractivity contribution in [1.29, 1.82) is 0 Å². The molecule has 0 fully saturated rings. The minimum Gasteiger partial charge on any atom is -0.324 e. The third-order valence-corrected chi connectivity index (χ3v) is 4.13. The van der Waals surface area contributed by atoms with Crippen molar-refractivity contribution in [3.63, 3.8) is 0 Å². The Morgan fingerprint density at radius 3 is 2.00 bits per heavy atom. The number of hydrogen-bond donors (Lipinski definition) is 2. The highest BCUT2D eigenvalue weighted by atomic mass is 31.2. The molecular formula is C6H17O3PSi. The molecular weight excluding hydrogens is 179 g/mol. The molecule has 0 bridgehead atoms. The van der Waals surface area contributed by atoms with E-state index >= 15 is 0 Å². The standard InChI is InChI=1S/C6H17O3PSi/c1-11(2,3)6-4-5-10(7,8)9/h4-6H2,1-3H3,(H2,7,8,9). The molecule has 0 aromatic carbocycles. The minimum absolute atomic E-state index is 0.0528. The molecule has 2 N–H and O–H groups in total. The second kappa shape index (κ2) is 3.85. The highest BCUT2D eigenvalue weighted by Gasteiger charge is 2.17. The van der Waals surface area contributed by atoms with Gasteiger partial charge in [-0.1, -0.05) is 25.7 Å². The third-order valence-electron chi connectivity index (χ3n) is 1.38. The number of rotatable bonds is 4. The van der Waals surface area contributed by atoms with Crippen molar-refractivity contribution in [1.82, 2.24) is 0 Å². The zero-order valence-corrected chi connectivity index (χ0v) is 9.27. The summed E-state index contributed by atoms with van der Waals surface area (Å²) in [6.45, 7) is 6.60. The Labute approximate surface area is 69.0 Å². The van der Waals surface area contributed by atoms with Gasteiger partial charge in [0.1, 0.15) is 0 Å². The Balaban J connectivity index is 3.52. The summed E-state index contributed by atoms with van der Waals surface area (Å²) in [5.41, 5.74) is 0. The van der Waals surface area contributed by atoms with Gasteiger partial charge in [-0.15, -0.1) is 0 Å². The van der Waals surface area contributed by atoms with Crippen molar-refractivity contribution >= 4 is 15.7 Å². The van der Waals surface area contributed by atoms with Gasteiger partial charge < -0.3 is 9.79 Å². The van der Waals surface area contributed by atoms with E-state index in [1.807, 2.05) is 0 Å². The van der Waals surface area contributed by atoms with Gasteiger partial charge in [-0.3, -0.25) is 4.57 Å². The summed E-state index contributed by atoms with van der Waals surface area (Å²) in [6.07, 6.45) is 0.720. The van der Waals surface area contributed by atoms with Crippen LogP contribution in [0.3, 0.4) is 0 Å². The fraction of sp³-hybridized carbons (Fsp3) is 1.00. The molecule has 68 valence electrons. The summed E-state index contributed by atoms with van der Waals surface area (Å²) in [4.78, 5) is 17.1. The molecule has 0 atom stereocenters. The van der Waals surface area contributed by atoms with E-state index in [1.165, 1.54) is 0 Å². The van der Waals surface area contributed by atoms with Crippen molar-refractivity contribution in [3.05, 3.63) is 0 Å². The van der Waals surface area contributed by atoms with E-state index in [0.717, 1.165) is 6.04 Å². The van der Waals surface area contributed by atoms with Crippen molar-refractivity contribution < 1.29 is 14.4 Å². The Morgan fingerprint density at radius 1 is 1.27 bits per heavy atom. The summed E-state index contributed by atoms with van der Waals surface area (Å²) < 4.78 is 10.4. The normalized spacial score (nSPS) is 13.5. The average molecular weight is 196 g/mol. The first-order valence-electron chi connectivity index (χ1n) is 3.75. The topological polar surface area (TPSA) is 57.5 Å². The monoisotopic (exact) mass is 196 g/mol. The van der Waals surface area contributed by atoms with Crippen LogP contribution in [-0.2, 0) is 4.57 Å². The first-order chi connectivity index (χ1) is 4.71. The van der Waals surface area contributed by atoms with Gasteiger partial charge in [0.2, 0.25) is 0 Å². The summed E-state index contributed by atoms with van der Waals surface area (Å²) in [6, 6.07) is 0.998. The predicted octanol–water partition coefficient (Wildman–Crippen LogP) is 1.89. The van der Waals surface area contributed by atoms with Crippen LogP contribution in [0.2, 0.25) is 25.7 Å². The summed E-state index contributed by atoms with van der Waals surface area (Å²) >= 11 is 0. The van der Waals surface area contributed by atoms with Gasteiger partial charge in [0.15, 0.2) is 0 Å². The van der Waals surface area contributed by atoms with Crippen LogP contribution in [0, 0.1) is 0 Å². The highest BCUT2D eigenvalue weighted by Crippen LogP contribution is 2.36. The predicted molar refractivity (Wildman–Crippen MR) is 49.7 cm³/mol. The Hall–Kier alpha value is 0.367. The molecule has 0 aromatic heterocycles. The smallest absolute Gasteiger partial charge is 0.324 e. The van der Waals surface area contributed by atoms with E-state index in [1.54, 1.807) is 0 Å². The molecule has 3 nitrogen and oxygen atoms in total. The molecule has 0 amide bonds. The Kier molecular flexibility index (Phi) is 3.98. The Morgan fingerprint density at radius 2 is 1.73 bits per heavy atom. The lowest BCUT2D eigenvalue weighted by Gasteiger charge is -2.15. The quantitative estimate of drug-likeness (QED) is 0.533. The van der Waals surface area contributed by atoms with Crippen molar-refractivity contribution in [3.8, 4) is 0 Å². The molecule has 0 rings (SSSR count). The molecule has 0 radical (unpaired) electrons. The van der Waals surface area contributed by atoms with Crippen LogP contribution >= 0.6 is 7.60 Å². The van der Waals surface area contributed by atoms with Gasteiger partial charge in [-0.2, -0.15) is 0 Å². The lowest BCUT2D eigenvalue weighted by molar-refractivity contribution is 0.372. The van der Waals surface area contributed by atoms with Crippen molar-refractivity contribution in [2.75, 3.05) is 6.16 Å². The van der Waals surface area contributed by atoms with Gasteiger partial charge in [0.05, 0.1) is 0 Å². The van der Waals surface area contributed by atoms with Gasteiger partial charge in [-0.25, -0.2) is 0 Å². The lowest BCUT2D eigenvalue weighted by Crippen LogP contribution is -2.19. The molecule has 0 spiro atoms. The van der Waals surface area contributed by atoms with Crippen LogP contribution in [0.1, 0.15) is 6.42 Å². The molecule has 0 aromatic rings. The SMILES string of the molecule is C[Si](C)(C)CCCP(=O)(O)O. The van der Waals surface area contributed by atoms with Crippen LogP contribution in [-0.4, -0.2) is 24.0 Å². The molecule has 0 unspecified atom stereocenters. The first kappa shape index (κ1) is 11.4. The number of hydrogen-bond acceptors (Lipinski definition) is 1. The lowest BCUT2D eigenvalue weighted by atomic mass is 10.6. The van der Waals surface area contributed by atoms with Gasteiger partial charge in [-0.05, 0) is 6.42 Å². The fourth-order valence-electron chi connectivity index (χ4n) is 0.815. The van der Waals surface area contributed by atoms with Gasteiger partial charge >= 0.3 is 7.60 Å². The van der Waals surface area contributed by atoms with Crippen molar-refractivity contribution in [2.45, 2.75) is 32.1 Å². The van der Waals surface area contributed by atoms with E-state index < -0.39 is 15.7 Å². The fourth-order valence-corrected chi connectivity index (χ4v) is 2.92. The third kappa shape index (κ3) is 10.4. The van der Waals surface area contributed by atoms with Crippen LogP contribution < -0.4 is 0 Å². The first-order valence-corrected chi connectivity index (χ1v) is 9.26. The van der Waals surface area contributed by atoms with Gasteiger partial charge in [0, 0.05) is 14.2 Å². The maximum Gasteiger partial charge on any atom is 0.325 e. The minimum atomic E-state index is -3.73. The largest absolute Gasteiger partial charge is 0.325 e. The maximum absolute atomic E-state index is 10.4. The van der Waals surface area contributed by atoms with E-state index in [4.69, 9.17) is 9.79 Å². The molecule has 5 heteroatoms. The van der Waals surface area contributed by atoms with Crippen LogP contribution in [0.25, 0.3) is 0 Å². The molecule has 0 aliphatic carbocycles. The highest BCUT2D eigenvalue weighted by molar-refractivity contribution is 7.51. The zero-order chi connectivity index (χ0) is 9.12. The van der Waals surface area contributed by atoms with Crippen molar-refractivity contribution in [2.24, 2.45) is 0 Å². The maximum atomic E-state index is 10.4. The summed E-state index contributed by atoms with van der Waals surface area (Å²) in [5.74, 6) is 0. The molecule has 0 aliphatic rings. The van der Waals surface area contributed by atoms with Crippen LogP contribution in [0.15, 0.2) is 0 Å². The summed E-state index contributed by atoms with van der Waals surface area (Å²) in [5, 5.41) is 0. The summed E-state index contributed by atoms with van der Waals surface area (Å²) in [7, 11) is -4.83. The average Bonchev–Trinajstić information content (AvgIpc) is 1.55. The Bertz CT molecular complexity index is 158. The second-order valence-electron chi connectivity index (χ2n) is 4.05. The molecule has 0 saturated carbocycles. The van der Waals surface area contributed by atoms with E-state index in [2.05, 4.69) is 19.6 Å². The molecule has 0 heterocycles. The molecule has 0 aliphatic heterocycles. The van der Waals surface area contributed by atoms with Crippen LogP contribution in [0.4, 0.5) is 0 Å². The molecule has 11 heavy (non-hydrogen) atoms. The zero-order valence-electron chi connectivity index (χ0n) is 7.37. The van der Waals surface area contributed by atoms with E-state index in [9.17, 15) is 4.57 Å². The van der Waals surface area contributed by atoms with E-state index in [0.29, 0.717) is 6.42 Å².